The van der Waals surface area contributed by atoms with Gasteiger partial charge in [0.05, 0.1) is 19.3 Å². The van der Waals surface area contributed by atoms with E-state index in [0.29, 0.717) is 36.5 Å². The van der Waals surface area contributed by atoms with Gasteiger partial charge in [0.2, 0.25) is 0 Å². The van der Waals surface area contributed by atoms with Crippen molar-refractivity contribution in [3.05, 3.63) is 84.2 Å². The zero-order chi connectivity index (χ0) is 26.9. The average molecular weight is 529 g/mol. The molecule has 0 radical (unpaired) electrons. The SMILES string of the molecule is CCOc1ccc(C)nc1C(=O)N1C[C@@H]2C[C@@H]2C[C@H]1CO[Si](c1ccccc1)(c1ccccc1)C(C)(C)C. The fraction of sp³-hybridized carbons (Fsp3) is 0.438. The van der Waals surface area contributed by atoms with E-state index in [0.717, 1.165) is 18.7 Å². The molecule has 1 aliphatic heterocycles. The summed E-state index contributed by atoms with van der Waals surface area (Å²) in [7, 11) is -2.70. The predicted molar refractivity (Wildman–Crippen MR) is 155 cm³/mol. The molecule has 0 bridgehead atoms. The third kappa shape index (κ3) is 5.04. The van der Waals surface area contributed by atoms with E-state index in [1.807, 2.05) is 30.9 Å². The fourth-order valence-electron chi connectivity index (χ4n) is 6.20. The maximum Gasteiger partial charge on any atom is 0.276 e. The number of aryl methyl sites for hydroxylation is 1. The van der Waals surface area contributed by atoms with Crippen molar-refractivity contribution in [1.82, 2.24) is 9.88 Å². The second kappa shape index (κ2) is 10.7. The van der Waals surface area contributed by atoms with Crippen LogP contribution in [0, 0.1) is 18.8 Å². The Morgan fingerprint density at radius 1 is 0.947 bits per heavy atom. The first-order chi connectivity index (χ1) is 18.2. The molecule has 1 saturated heterocycles. The minimum absolute atomic E-state index is 0.00434. The van der Waals surface area contributed by atoms with Gasteiger partial charge in [-0.25, -0.2) is 4.98 Å². The van der Waals surface area contributed by atoms with Gasteiger partial charge >= 0.3 is 0 Å². The number of piperidine rings is 1. The Bertz CT molecular complexity index is 1220. The number of carbonyl (C=O) groups is 1. The summed E-state index contributed by atoms with van der Waals surface area (Å²) >= 11 is 0. The highest BCUT2D eigenvalue weighted by atomic mass is 28.4. The first-order valence-corrected chi connectivity index (χ1v) is 15.8. The first kappa shape index (κ1) is 26.6. The molecule has 1 aromatic heterocycles. The van der Waals surface area contributed by atoms with Gasteiger partial charge in [0.15, 0.2) is 11.4 Å². The Morgan fingerprint density at radius 2 is 1.58 bits per heavy atom. The van der Waals surface area contributed by atoms with Crippen molar-refractivity contribution in [2.24, 2.45) is 11.8 Å². The molecule has 3 aromatic rings. The van der Waals surface area contributed by atoms with Gasteiger partial charge in [-0.05, 0) is 66.1 Å². The highest BCUT2D eigenvalue weighted by Crippen LogP contribution is 2.48. The molecule has 2 fully saturated rings. The van der Waals surface area contributed by atoms with Crippen LogP contribution >= 0.6 is 0 Å². The van der Waals surface area contributed by atoms with Crippen molar-refractivity contribution in [2.75, 3.05) is 19.8 Å². The van der Waals surface area contributed by atoms with Gasteiger partial charge in [-0.15, -0.1) is 0 Å². The van der Waals surface area contributed by atoms with Crippen LogP contribution in [0.25, 0.3) is 0 Å². The van der Waals surface area contributed by atoms with E-state index >= 15 is 0 Å². The van der Waals surface area contributed by atoms with Crippen molar-refractivity contribution in [2.45, 2.75) is 58.5 Å². The number of nitrogens with zero attached hydrogens (tertiary/aromatic N) is 2. The Hall–Kier alpha value is -2.96. The summed E-state index contributed by atoms with van der Waals surface area (Å²) in [6.07, 6.45) is 2.17. The van der Waals surface area contributed by atoms with Gasteiger partial charge in [-0.2, -0.15) is 0 Å². The Balaban J connectivity index is 1.50. The van der Waals surface area contributed by atoms with Crippen LogP contribution in [0.2, 0.25) is 5.04 Å². The van der Waals surface area contributed by atoms with Gasteiger partial charge in [0.1, 0.15) is 0 Å². The number of fused-ring (bicyclic) bond motifs is 1. The number of aromatic nitrogens is 1. The lowest BCUT2D eigenvalue weighted by Crippen LogP contribution is -2.67. The number of hydrogen-bond donors (Lipinski definition) is 0. The van der Waals surface area contributed by atoms with Crippen LogP contribution in [-0.4, -0.2) is 49.9 Å². The van der Waals surface area contributed by atoms with Crippen LogP contribution in [0.15, 0.2) is 72.8 Å². The van der Waals surface area contributed by atoms with Gasteiger partial charge in [-0.3, -0.25) is 4.79 Å². The highest BCUT2D eigenvalue weighted by molar-refractivity contribution is 6.99. The third-order valence-electron chi connectivity index (χ3n) is 8.19. The van der Waals surface area contributed by atoms with Gasteiger partial charge in [0, 0.05) is 12.2 Å². The fourth-order valence-corrected chi connectivity index (χ4v) is 10.8. The first-order valence-electron chi connectivity index (χ1n) is 13.9. The maximum absolute atomic E-state index is 14.0. The van der Waals surface area contributed by atoms with E-state index in [1.54, 1.807) is 0 Å². The molecule has 2 aromatic carbocycles. The number of amides is 1. The molecular formula is C32H40N2O3Si. The van der Waals surface area contributed by atoms with Crippen LogP contribution in [0.1, 0.15) is 56.7 Å². The van der Waals surface area contributed by atoms with Crippen LogP contribution in [0.3, 0.4) is 0 Å². The van der Waals surface area contributed by atoms with Crippen molar-refractivity contribution in [1.29, 1.82) is 0 Å². The molecule has 1 saturated carbocycles. The van der Waals surface area contributed by atoms with E-state index < -0.39 is 8.32 Å². The monoisotopic (exact) mass is 528 g/mol. The third-order valence-corrected chi connectivity index (χ3v) is 13.2. The summed E-state index contributed by atoms with van der Waals surface area (Å²) in [4.78, 5) is 20.7. The molecule has 0 unspecified atom stereocenters. The standard InChI is InChI=1S/C32H40N2O3Si/c1-6-36-29-18-17-23(2)33-30(29)31(35)34-21-25-19-24(25)20-26(34)22-37-38(32(3,4)5,27-13-9-7-10-14-27)28-15-11-8-12-16-28/h7-18,24-26H,6,19-22H2,1-5H3/t24-,25+,26+/m1/s1. The second-order valence-corrected chi connectivity index (χ2v) is 16.1. The quantitative estimate of drug-likeness (QED) is 0.377. The van der Waals surface area contributed by atoms with E-state index in [2.05, 4.69) is 86.4 Å². The van der Waals surface area contributed by atoms with E-state index in [4.69, 9.17) is 9.16 Å². The number of ether oxygens (including phenoxy) is 1. The number of benzene rings is 2. The van der Waals surface area contributed by atoms with Crippen molar-refractivity contribution < 1.29 is 14.0 Å². The summed E-state index contributed by atoms with van der Waals surface area (Å²) in [5.74, 6) is 1.79. The van der Waals surface area contributed by atoms with Crippen molar-refractivity contribution >= 4 is 24.6 Å². The van der Waals surface area contributed by atoms with Crippen molar-refractivity contribution in [3.63, 3.8) is 0 Å². The number of carbonyl (C=O) groups excluding carboxylic acids is 1. The second-order valence-electron chi connectivity index (χ2n) is 11.8. The Morgan fingerprint density at radius 3 is 2.16 bits per heavy atom. The van der Waals surface area contributed by atoms with Crippen LogP contribution in [0.4, 0.5) is 0 Å². The largest absolute Gasteiger partial charge is 0.491 e. The zero-order valence-corrected chi connectivity index (χ0v) is 24.3. The minimum atomic E-state index is -2.70. The normalized spacial score (nSPS) is 21.1. The number of hydrogen-bond acceptors (Lipinski definition) is 4. The summed E-state index contributed by atoms with van der Waals surface area (Å²) in [6, 6.07) is 25.2. The Kier molecular flexibility index (Phi) is 7.47. The minimum Gasteiger partial charge on any atom is -0.491 e. The topological polar surface area (TPSA) is 51.7 Å². The highest BCUT2D eigenvalue weighted by Gasteiger charge is 2.52. The molecule has 1 aliphatic carbocycles. The molecule has 2 heterocycles. The lowest BCUT2D eigenvalue weighted by Gasteiger charge is -2.45. The molecule has 5 nitrogen and oxygen atoms in total. The molecule has 2 aliphatic rings. The van der Waals surface area contributed by atoms with E-state index in [1.165, 1.54) is 16.8 Å². The summed E-state index contributed by atoms with van der Waals surface area (Å²) in [5.41, 5.74) is 1.24. The van der Waals surface area contributed by atoms with E-state index in [-0.39, 0.29) is 17.0 Å². The zero-order valence-electron chi connectivity index (χ0n) is 23.3. The van der Waals surface area contributed by atoms with Gasteiger partial charge in [0.25, 0.3) is 14.2 Å². The van der Waals surface area contributed by atoms with E-state index in [9.17, 15) is 4.79 Å². The summed E-state index contributed by atoms with van der Waals surface area (Å²) in [5, 5.41) is 2.41. The maximum atomic E-state index is 14.0. The molecule has 200 valence electrons. The smallest absolute Gasteiger partial charge is 0.276 e. The number of pyridine rings is 1. The van der Waals surface area contributed by atoms with Crippen LogP contribution < -0.4 is 15.1 Å². The van der Waals surface area contributed by atoms with Crippen LogP contribution in [-0.2, 0) is 4.43 Å². The lowest BCUT2D eigenvalue weighted by atomic mass is 10.0. The molecule has 1 amide bonds. The molecule has 0 N–H and O–H groups in total. The lowest BCUT2D eigenvalue weighted by molar-refractivity contribution is 0.0493. The number of rotatable bonds is 8. The molecule has 0 spiro atoms. The van der Waals surface area contributed by atoms with Gasteiger partial charge < -0.3 is 14.1 Å². The molecule has 38 heavy (non-hydrogen) atoms. The summed E-state index contributed by atoms with van der Waals surface area (Å²) in [6.45, 7) is 12.5. The van der Waals surface area contributed by atoms with Gasteiger partial charge in [-0.1, -0.05) is 81.4 Å². The number of likely N-dealkylation sites (tertiary alicyclic amines) is 1. The molecular weight excluding hydrogens is 488 g/mol. The average Bonchev–Trinajstić information content (AvgIpc) is 3.68. The summed E-state index contributed by atoms with van der Waals surface area (Å²) < 4.78 is 13.1. The predicted octanol–water partition coefficient (Wildman–Crippen LogP) is 5.22. The Labute approximate surface area is 228 Å². The molecule has 5 rings (SSSR count). The molecule has 6 heteroatoms. The van der Waals surface area contributed by atoms with Crippen LogP contribution in [0.5, 0.6) is 5.75 Å². The molecule has 3 atom stereocenters. The van der Waals surface area contributed by atoms with Crippen molar-refractivity contribution in [3.8, 4) is 5.75 Å².